The van der Waals surface area contributed by atoms with Crippen LogP contribution in [-0.2, 0) is 4.79 Å². The molecule has 7 heteroatoms. The van der Waals surface area contributed by atoms with Crippen molar-refractivity contribution < 1.29 is 14.0 Å². The lowest BCUT2D eigenvalue weighted by molar-refractivity contribution is -0.131. The molecule has 2 amide bonds. The molecule has 1 atom stereocenters. The van der Waals surface area contributed by atoms with E-state index in [1.54, 1.807) is 40.3 Å². The van der Waals surface area contributed by atoms with Gasteiger partial charge in [0.05, 0.1) is 29.4 Å². The lowest BCUT2D eigenvalue weighted by Gasteiger charge is -2.37. The second-order valence-corrected chi connectivity index (χ2v) is 7.99. The quantitative estimate of drug-likeness (QED) is 0.634. The molecular formula is C25H23FN4O2. The Labute approximate surface area is 185 Å². The van der Waals surface area contributed by atoms with Gasteiger partial charge in [-0.3, -0.25) is 19.5 Å². The number of benzene rings is 2. The molecule has 162 valence electrons. The Kier molecular flexibility index (Phi) is 5.31. The van der Waals surface area contributed by atoms with Crippen molar-refractivity contribution in [3.63, 3.8) is 0 Å². The number of rotatable bonds is 4. The maximum Gasteiger partial charge on any atom is 0.260 e. The van der Waals surface area contributed by atoms with Crippen molar-refractivity contribution >= 4 is 23.2 Å². The molecule has 0 N–H and O–H groups in total. The summed E-state index contributed by atoms with van der Waals surface area (Å²) in [5.74, 6) is -0.421. The number of hydrogen-bond acceptors (Lipinski definition) is 4. The molecule has 6 nitrogen and oxygen atoms in total. The number of aromatic nitrogens is 1. The molecule has 2 aromatic carbocycles. The Morgan fingerprint density at radius 2 is 1.66 bits per heavy atom. The molecule has 0 spiro atoms. The van der Waals surface area contributed by atoms with Crippen molar-refractivity contribution in [3.8, 4) is 0 Å². The van der Waals surface area contributed by atoms with Gasteiger partial charge >= 0.3 is 0 Å². The van der Waals surface area contributed by atoms with Crippen LogP contribution in [0.3, 0.4) is 0 Å². The van der Waals surface area contributed by atoms with Gasteiger partial charge in [-0.2, -0.15) is 0 Å². The molecule has 1 saturated heterocycles. The molecule has 5 rings (SSSR count). The number of pyridine rings is 1. The van der Waals surface area contributed by atoms with Gasteiger partial charge in [-0.25, -0.2) is 4.39 Å². The van der Waals surface area contributed by atoms with Crippen molar-refractivity contribution in [1.29, 1.82) is 0 Å². The van der Waals surface area contributed by atoms with Crippen LogP contribution in [0.25, 0.3) is 0 Å². The highest BCUT2D eigenvalue weighted by Crippen LogP contribution is 2.38. The highest BCUT2D eigenvalue weighted by molar-refractivity contribution is 6.11. The smallest absolute Gasteiger partial charge is 0.260 e. The van der Waals surface area contributed by atoms with Crippen molar-refractivity contribution in [2.75, 3.05) is 36.0 Å². The largest absolute Gasteiger partial charge is 0.366 e. The highest BCUT2D eigenvalue weighted by Gasteiger charge is 2.40. The molecule has 0 radical (unpaired) electrons. The van der Waals surface area contributed by atoms with E-state index in [1.165, 1.54) is 6.07 Å². The number of para-hydroxylation sites is 2. The fraction of sp³-hybridized carbons (Fsp3) is 0.240. The first-order valence-corrected chi connectivity index (χ1v) is 10.7. The summed E-state index contributed by atoms with van der Waals surface area (Å²) in [5.41, 5.74) is 2.49. The summed E-state index contributed by atoms with van der Waals surface area (Å²) in [6, 6.07) is 19.1. The summed E-state index contributed by atoms with van der Waals surface area (Å²) in [4.78, 5) is 36.2. The van der Waals surface area contributed by atoms with E-state index in [4.69, 9.17) is 0 Å². The van der Waals surface area contributed by atoms with Gasteiger partial charge in [0, 0.05) is 38.1 Å². The minimum absolute atomic E-state index is 0.0320. The van der Waals surface area contributed by atoms with Gasteiger partial charge in [0.25, 0.3) is 5.91 Å². The summed E-state index contributed by atoms with van der Waals surface area (Å²) in [6.45, 7) is 2.14. The molecule has 0 bridgehead atoms. The first kappa shape index (κ1) is 20.2. The molecule has 3 heterocycles. The second kappa shape index (κ2) is 8.42. The van der Waals surface area contributed by atoms with Crippen LogP contribution in [0.4, 0.5) is 15.8 Å². The van der Waals surface area contributed by atoms with Gasteiger partial charge in [-0.1, -0.05) is 30.3 Å². The standard InChI is InChI=1S/C25H23FN4O2/c26-20-10-4-5-11-21(20)28-13-15-29(16-14-28)23(31)17-22-24-19(9-6-12-27-24)25(32)30(22)18-7-2-1-3-8-18/h1-12,22H,13-17H2/t22-/m1/s1. The Hall–Kier alpha value is -3.74. The summed E-state index contributed by atoms with van der Waals surface area (Å²) < 4.78 is 14.1. The monoisotopic (exact) mass is 430 g/mol. The topological polar surface area (TPSA) is 56.8 Å². The van der Waals surface area contributed by atoms with Crippen LogP contribution in [0.15, 0.2) is 72.9 Å². The third-order valence-electron chi connectivity index (χ3n) is 6.14. The van der Waals surface area contributed by atoms with E-state index in [-0.39, 0.29) is 24.1 Å². The molecule has 2 aliphatic rings. The van der Waals surface area contributed by atoms with Crippen molar-refractivity contribution in [2.24, 2.45) is 0 Å². The second-order valence-electron chi connectivity index (χ2n) is 7.99. The molecule has 32 heavy (non-hydrogen) atoms. The van der Waals surface area contributed by atoms with Crippen LogP contribution >= 0.6 is 0 Å². The number of piperazine rings is 1. The number of nitrogens with zero attached hydrogens (tertiary/aromatic N) is 4. The molecule has 1 aromatic heterocycles. The fourth-order valence-electron chi connectivity index (χ4n) is 4.53. The summed E-state index contributed by atoms with van der Waals surface area (Å²) in [7, 11) is 0. The van der Waals surface area contributed by atoms with Crippen LogP contribution in [0.5, 0.6) is 0 Å². The Bertz CT molecular complexity index is 1150. The lowest BCUT2D eigenvalue weighted by atomic mass is 10.1. The Morgan fingerprint density at radius 3 is 2.41 bits per heavy atom. The van der Waals surface area contributed by atoms with Gasteiger partial charge in [0.15, 0.2) is 0 Å². The molecule has 2 aliphatic heterocycles. The predicted molar refractivity (Wildman–Crippen MR) is 120 cm³/mol. The first-order valence-electron chi connectivity index (χ1n) is 10.7. The third kappa shape index (κ3) is 3.60. The Balaban J connectivity index is 1.33. The lowest BCUT2D eigenvalue weighted by Crippen LogP contribution is -2.49. The van der Waals surface area contributed by atoms with Crippen LogP contribution < -0.4 is 9.80 Å². The number of amides is 2. The molecule has 1 fully saturated rings. The zero-order chi connectivity index (χ0) is 22.1. The van der Waals surface area contributed by atoms with E-state index in [9.17, 15) is 14.0 Å². The zero-order valence-electron chi connectivity index (χ0n) is 17.5. The molecule has 0 aliphatic carbocycles. The van der Waals surface area contributed by atoms with Gasteiger partial charge in [-0.15, -0.1) is 0 Å². The maximum atomic E-state index is 14.1. The summed E-state index contributed by atoms with van der Waals surface area (Å²) in [5, 5.41) is 0. The predicted octanol–water partition coefficient (Wildman–Crippen LogP) is 3.66. The van der Waals surface area contributed by atoms with Gasteiger partial charge in [0.1, 0.15) is 5.82 Å². The number of hydrogen-bond donors (Lipinski definition) is 0. The number of anilines is 2. The highest BCUT2D eigenvalue weighted by atomic mass is 19.1. The number of halogens is 1. The molecular weight excluding hydrogens is 407 g/mol. The van der Waals surface area contributed by atoms with E-state index < -0.39 is 6.04 Å². The zero-order valence-corrected chi connectivity index (χ0v) is 17.5. The minimum atomic E-state index is -0.446. The van der Waals surface area contributed by atoms with E-state index in [0.717, 1.165) is 5.69 Å². The van der Waals surface area contributed by atoms with Crippen LogP contribution in [0.2, 0.25) is 0 Å². The number of carbonyl (C=O) groups is 2. The van der Waals surface area contributed by atoms with Gasteiger partial charge < -0.3 is 9.80 Å². The average molecular weight is 430 g/mol. The molecule has 0 saturated carbocycles. The Morgan fingerprint density at radius 1 is 0.938 bits per heavy atom. The number of fused-ring (bicyclic) bond motifs is 1. The fourth-order valence-corrected chi connectivity index (χ4v) is 4.53. The molecule has 0 unspecified atom stereocenters. The van der Waals surface area contributed by atoms with Gasteiger partial charge in [0.2, 0.25) is 5.91 Å². The van der Waals surface area contributed by atoms with Crippen LogP contribution in [0.1, 0.15) is 28.5 Å². The summed E-state index contributed by atoms with van der Waals surface area (Å²) in [6.07, 6.45) is 1.82. The maximum absolute atomic E-state index is 14.1. The normalized spacial score (nSPS) is 18.1. The van der Waals surface area contributed by atoms with Crippen molar-refractivity contribution in [3.05, 3.63) is 90.0 Å². The van der Waals surface area contributed by atoms with Crippen LogP contribution in [-0.4, -0.2) is 47.9 Å². The van der Waals surface area contributed by atoms with E-state index in [1.807, 2.05) is 41.3 Å². The first-order chi connectivity index (χ1) is 15.6. The van der Waals surface area contributed by atoms with Crippen molar-refractivity contribution in [2.45, 2.75) is 12.5 Å². The SMILES string of the molecule is O=C(C[C@@H]1c2ncccc2C(=O)N1c1ccccc1)N1CCN(c2ccccc2F)CC1. The van der Waals surface area contributed by atoms with Gasteiger partial charge in [-0.05, 0) is 36.4 Å². The van der Waals surface area contributed by atoms with E-state index in [0.29, 0.717) is 43.1 Å². The average Bonchev–Trinajstić information content (AvgIpc) is 3.11. The third-order valence-corrected chi connectivity index (χ3v) is 6.14. The van der Waals surface area contributed by atoms with Crippen LogP contribution in [0, 0.1) is 5.82 Å². The van der Waals surface area contributed by atoms with Crippen molar-refractivity contribution in [1.82, 2.24) is 9.88 Å². The van der Waals surface area contributed by atoms with E-state index in [2.05, 4.69) is 4.98 Å². The number of carbonyl (C=O) groups excluding carboxylic acids is 2. The molecule has 3 aromatic rings. The summed E-state index contributed by atoms with van der Waals surface area (Å²) >= 11 is 0. The van der Waals surface area contributed by atoms with E-state index >= 15 is 0 Å². The minimum Gasteiger partial charge on any atom is -0.366 e.